The molecular formula is C29H43FN2O. The highest BCUT2D eigenvalue weighted by molar-refractivity contribution is 5.50. The van der Waals surface area contributed by atoms with Crippen molar-refractivity contribution in [3.63, 3.8) is 0 Å². The molecule has 0 saturated carbocycles. The van der Waals surface area contributed by atoms with Gasteiger partial charge in [-0.15, -0.1) is 0 Å². The summed E-state index contributed by atoms with van der Waals surface area (Å²) in [4.78, 5) is 5.28. The summed E-state index contributed by atoms with van der Waals surface area (Å²) in [5.74, 6) is 1.33. The van der Waals surface area contributed by atoms with Crippen LogP contribution in [-0.2, 0) is 6.61 Å². The monoisotopic (exact) mass is 454 g/mol. The van der Waals surface area contributed by atoms with Crippen LogP contribution in [0.15, 0.2) is 48.5 Å². The zero-order valence-electron chi connectivity index (χ0n) is 21.3. The van der Waals surface area contributed by atoms with E-state index < -0.39 is 0 Å². The van der Waals surface area contributed by atoms with Crippen LogP contribution in [0, 0.1) is 17.2 Å². The lowest BCUT2D eigenvalue weighted by Crippen LogP contribution is -2.46. The molecule has 1 heterocycles. The van der Waals surface area contributed by atoms with E-state index in [1.54, 1.807) is 12.1 Å². The van der Waals surface area contributed by atoms with Gasteiger partial charge in [0.15, 0.2) is 0 Å². The first kappa shape index (κ1) is 25.6. The highest BCUT2D eigenvalue weighted by Crippen LogP contribution is 2.28. The Labute approximate surface area is 200 Å². The molecule has 2 aromatic rings. The topological polar surface area (TPSA) is 15.7 Å². The molecule has 2 aromatic carbocycles. The van der Waals surface area contributed by atoms with Crippen molar-refractivity contribution in [3.8, 4) is 5.75 Å². The zero-order chi connectivity index (χ0) is 23.8. The quantitative estimate of drug-likeness (QED) is 0.379. The van der Waals surface area contributed by atoms with E-state index in [4.69, 9.17) is 4.74 Å². The van der Waals surface area contributed by atoms with Gasteiger partial charge in [0, 0.05) is 31.4 Å². The van der Waals surface area contributed by atoms with Crippen LogP contribution >= 0.6 is 0 Å². The third-order valence-corrected chi connectivity index (χ3v) is 6.61. The number of hydrogen-bond acceptors (Lipinski definition) is 3. The summed E-state index contributed by atoms with van der Waals surface area (Å²) in [5.41, 5.74) is 2.66. The molecular weight excluding hydrogens is 411 g/mol. The van der Waals surface area contributed by atoms with Crippen LogP contribution in [0.2, 0.25) is 0 Å². The first-order valence-electron chi connectivity index (χ1n) is 12.7. The van der Waals surface area contributed by atoms with Crippen LogP contribution in [0.4, 0.5) is 10.1 Å². The van der Waals surface area contributed by atoms with Gasteiger partial charge in [0.1, 0.15) is 18.2 Å². The molecule has 0 amide bonds. The van der Waals surface area contributed by atoms with Gasteiger partial charge in [-0.05, 0) is 85.5 Å². The molecule has 1 aliphatic heterocycles. The van der Waals surface area contributed by atoms with Crippen LogP contribution in [0.3, 0.4) is 0 Å². The molecule has 0 N–H and O–H groups in total. The van der Waals surface area contributed by atoms with E-state index in [1.807, 2.05) is 0 Å². The Balaban J connectivity index is 1.59. The summed E-state index contributed by atoms with van der Waals surface area (Å²) >= 11 is 0. The van der Waals surface area contributed by atoms with E-state index in [0.29, 0.717) is 24.0 Å². The van der Waals surface area contributed by atoms with Gasteiger partial charge in [-0.1, -0.05) is 46.8 Å². The second kappa shape index (κ2) is 11.9. The van der Waals surface area contributed by atoms with E-state index >= 15 is 0 Å². The molecule has 0 aliphatic carbocycles. The highest BCUT2D eigenvalue weighted by Gasteiger charge is 2.25. The summed E-state index contributed by atoms with van der Waals surface area (Å²) < 4.78 is 19.0. The standard InChI is InChI=1S/C29H43FN2O/c1-23(2)14-20-32(27-15-18-31(19-16-27)21-17-29(3,4)5)26-10-12-28(13-11-26)33-22-24-6-8-25(30)9-7-24/h6-13,23,27H,14-22H2,1-5H3. The summed E-state index contributed by atoms with van der Waals surface area (Å²) in [6.07, 6.45) is 4.91. The van der Waals surface area contributed by atoms with E-state index in [1.165, 1.54) is 63.1 Å². The minimum absolute atomic E-state index is 0.218. The fourth-order valence-electron chi connectivity index (χ4n) is 4.35. The molecule has 1 aliphatic rings. The molecule has 0 spiro atoms. The van der Waals surface area contributed by atoms with Gasteiger partial charge >= 0.3 is 0 Å². The molecule has 33 heavy (non-hydrogen) atoms. The Morgan fingerprint density at radius 1 is 1.00 bits per heavy atom. The van der Waals surface area contributed by atoms with Crippen molar-refractivity contribution in [1.29, 1.82) is 0 Å². The van der Waals surface area contributed by atoms with Crippen LogP contribution < -0.4 is 9.64 Å². The normalized spacial score (nSPS) is 15.7. The second-order valence-corrected chi connectivity index (χ2v) is 11.2. The van der Waals surface area contributed by atoms with Gasteiger partial charge in [0.25, 0.3) is 0 Å². The molecule has 1 saturated heterocycles. The summed E-state index contributed by atoms with van der Waals surface area (Å²) in [7, 11) is 0. The van der Waals surface area contributed by atoms with Gasteiger partial charge in [-0.25, -0.2) is 4.39 Å². The maximum atomic E-state index is 13.1. The molecule has 3 nitrogen and oxygen atoms in total. The predicted octanol–water partition coefficient (Wildman–Crippen LogP) is 7.16. The lowest BCUT2D eigenvalue weighted by Gasteiger charge is -2.41. The van der Waals surface area contributed by atoms with Crippen molar-refractivity contribution < 1.29 is 9.13 Å². The predicted molar refractivity (Wildman–Crippen MR) is 138 cm³/mol. The van der Waals surface area contributed by atoms with Crippen molar-refractivity contribution in [1.82, 2.24) is 4.90 Å². The smallest absolute Gasteiger partial charge is 0.123 e. The Kier molecular flexibility index (Phi) is 9.19. The third kappa shape index (κ3) is 8.66. The van der Waals surface area contributed by atoms with Gasteiger partial charge in [-0.2, -0.15) is 0 Å². The molecule has 4 heteroatoms. The van der Waals surface area contributed by atoms with E-state index in [-0.39, 0.29) is 5.82 Å². The lowest BCUT2D eigenvalue weighted by molar-refractivity contribution is 0.182. The number of likely N-dealkylation sites (tertiary alicyclic amines) is 1. The van der Waals surface area contributed by atoms with E-state index in [2.05, 4.69) is 68.7 Å². The molecule has 3 rings (SSSR count). The molecule has 0 atom stereocenters. The van der Waals surface area contributed by atoms with E-state index in [0.717, 1.165) is 17.9 Å². The number of hydrogen-bond donors (Lipinski definition) is 0. The molecule has 0 aromatic heterocycles. The Morgan fingerprint density at radius 3 is 2.21 bits per heavy atom. The fourth-order valence-corrected chi connectivity index (χ4v) is 4.35. The summed E-state index contributed by atoms with van der Waals surface area (Å²) in [5, 5.41) is 0. The Hall–Kier alpha value is -2.07. The number of ether oxygens (including phenoxy) is 1. The molecule has 1 fully saturated rings. The average Bonchev–Trinajstić information content (AvgIpc) is 2.78. The molecule has 182 valence electrons. The van der Waals surface area contributed by atoms with Gasteiger partial charge in [0.05, 0.1) is 0 Å². The Bertz CT molecular complexity index is 818. The maximum Gasteiger partial charge on any atom is 0.123 e. The number of anilines is 1. The highest BCUT2D eigenvalue weighted by atomic mass is 19.1. The maximum absolute atomic E-state index is 13.1. The minimum atomic E-state index is -0.218. The van der Waals surface area contributed by atoms with Crippen LogP contribution in [0.5, 0.6) is 5.75 Å². The summed E-state index contributed by atoms with van der Waals surface area (Å²) in [6.45, 7) is 16.8. The first-order chi connectivity index (χ1) is 15.7. The number of nitrogens with zero attached hydrogens (tertiary/aromatic N) is 2. The van der Waals surface area contributed by atoms with Crippen molar-refractivity contribution >= 4 is 5.69 Å². The number of halogens is 1. The lowest BCUT2D eigenvalue weighted by atomic mass is 9.91. The van der Waals surface area contributed by atoms with Crippen LogP contribution in [0.1, 0.15) is 65.9 Å². The van der Waals surface area contributed by atoms with Crippen molar-refractivity contribution in [2.24, 2.45) is 11.3 Å². The fraction of sp³-hybridized carbons (Fsp3) is 0.586. The van der Waals surface area contributed by atoms with Gasteiger partial charge in [-0.3, -0.25) is 0 Å². The van der Waals surface area contributed by atoms with Crippen LogP contribution in [-0.4, -0.2) is 37.1 Å². The van der Waals surface area contributed by atoms with Crippen molar-refractivity contribution in [3.05, 3.63) is 59.9 Å². The second-order valence-electron chi connectivity index (χ2n) is 11.2. The van der Waals surface area contributed by atoms with Gasteiger partial charge in [0.2, 0.25) is 0 Å². The number of benzene rings is 2. The minimum Gasteiger partial charge on any atom is -0.489 e. The number of piperidine rings is 1. The average molecular weight is 455 g/mol. The van der Waals surface area contributed by atoms with Crippen molar-refractivity contribution in [2.75, 3.05) is 31.1 Å². The molecule has 0 unspecified atom stereocenters. The molecule has 0 bridgehead atoms. The Morgan fingerprint density at radius 2 is 1.64 bits per heavy atom. The van der Waals surface area contributed by atoms with Crippen LogP contribution in [0.25, 0.3) is 0 Å². The SMILES string of the molecule is CC(C)CCN(c1ccc(OCc2ccc(F)cc2)cc1)C1CCN(CCC(C)(C)C)CC1. The van der Waals surface area contributed by atoms with E-state index in [9.17, 15) is 4.39 Å². The summed E-state index contributed by atoms with van der Waals surface area (Å²) in [6, 6.07) is 15.6. The zero-order valence-corrected chi connectivity index (χ0v) is 21.3. The van der Waals surface area contributed by atoms with Gasteiger partial charge < -0.3 is 14.5 Å². The first-order valence-corrected chi connectivity index (χ1v) is 12.7. The largest absolute Gasteiger partial charge is 0.489 e. The third-order valence-electron chi connectivity index (χ3n) is 6.61. The molecule has 0 radical (unpaired) electrons. The number of rotatable bonds is 10. The van der Waals surface area contributed by atoms with Crippen molar-refractivity contribution in [2.45, 2.75) is 73.0 Å².